The van der Waals surface area contributed by atoms with Crippen molar-refractivity contribution in [2.75, 3.05) is 6.79 Å². The van der Waals surface area contributed by atoms with E-state index < -0.39 is 6.09 Å². The van der Waals surface area contributed by atoms with Crippen LogP contribution in [0.1, 0.15) is 12.5 Å². The lowest BCUT2D eigenvalue weighted by molar-refractivity contribution is 0.0231. The number of amidine groups is 1. The van der Waals surface area contributed by atoms with Crippen LogP contribution in [0.3, 0.4) is 0 Å². The summed E-state index contributed by atoms with van der Waals surface area (Å²) in [6.07, 6.45) is 2.28. The fraction of sp³-hybridized carbons (Fsp3) is 0.182. The summed E-state index contributed by atoms with van der Waals surface area (Å²) in [5, 5.41) is 9.81. The zero-order valence-electron chi connectivity index (χ0n) is 9.40. The van der Waals surface area contributed by atoms with Crippen LogP contribution in [0.25, 0.3) is 0 Å². The van der Waals surface area contributed by atoms with Gasteiger partial charge in [0, 0.05) is 18.0 Å². The molecule has 0 radical (unpaired) electrons. The van der Waals surface area contributed by atoms with Crippen molar-refractivity contribution in [2.24, 2.45) is 0 Å². The Morgan fingerprint density at radius 3 is 2.94 bits per heavy atom. The molecule has 0 fully saturated rings. The first-order chi connectivity index (χ1) is 8.09. The van der Waals surface area contributed by atoms with Gasteiger partial charge in [0.15, 0.2) is 0 Å². The molecule has 0 saturated heterocycles. The minimum Gasteiger partial charge on any atom is -0.463 e. The Balaban J connectivity index is 2.36. The van der Waals surface area contributed by atoms with Crippen molar-refractivity contribution in [2.45, 2.75) is 6.92 Å². The second kappa shape index (κ2) is 6.26. The normalized spacial score (nSPS) is 9.24. The molecular formula is C11H13N3O3. The van der Waals surface area contributed by atoms with Gasteiger partial charge in [0.05, 0.1) is 5.76 Å². The van der Waals surface area contributed by atoms with Gasteiger partial charge in [-0.05, 0) is 19.1 Å². The number of carbonyl (C=O) groups excluding carboxylic acids is 1. The second-order valence-electron chi connectivity index (χ2n) is 3.14. The molecule has 0 aliphatic heterocycles. The predicted molar refractivity (Wildman–Crippen MR) is 61.4 cm³/mol. The molecule has 1 aromatic heterocycles. The van der Waals surface area contributed by atoms with Gasteiger partial charge >= 0.3 is 6.09 Å². The summed E-state index contributed by atoms with van der Waals surface area (Å²) in [5.74, 6) is 0.360. The SMILES string of the molecule is C=C(C)OCOC(=O)NC(=N)c1cccnc1. The summed E-state index contributed by atoms with van der Waals surface area (Å²) in [4.78, 5) is 15.0. The lowest BCUT2D eigenvalue weighted by Gasteiger charge is -2.08. The highest BCUT2D eigenvalue weighted by Crippen LogP contribution is 1.96. The number of hydrogen-bond donors (Lipinski definition) is 2. The monoisotopic (exact) mass is 235 g/mol. The number of allylic oxidation sites excluding steroid dienone is 1. The Kier molecular flexibility index (Phi) is 4.68. The molecule has 1 aromatic rings. The van der Waals surface area contributed by atoms with E-state index in [0.29, 0.717) is 11.3 Å². The van der Waals surface area contributed by atoms with Crippen molar-refractivity contribution in [3.63, 3.8) is 0 Å². The van der Waals surface area contributed by atoms with Crippen molar-refractivity contribution in [1.29, 1.82) is 5.41 Å². The van der Waals surface area contributed by atoms with Crippen LogP contribution in [0.4, 0.5) is 4.79 Å². The number of pyridine rings is 1. The van der Waals surface area contributed by atoms with Gasteiger partial charge in [-0.2, -0.15) is 0 Å². The average Bonchev–Trinajstić information content (AvgIpc) is 2.29. The number of rotatable bonds is 4. The van der Waals surface area contributed by atoms with Crippen molar-refractivity contribution in [3.05, 3.63) is 42.4 Å². The van der Waals surface area contributed by atoms with Gasteiger partial charge in [-0.3, -0.25) is 15.7 Å². The first-order valence-electron chi connectivity index (χ1n) is 4.80. The maximum absolute atomic E-state index is 11.2. The number of nitrogens with zero attached hydrogens (tertiary/aromatic N) is 1. The topological polar surface area (TPSA) is 84.3 Å². The molecule has 6 heteroatoms. The van der Waals surface area contributed by atoms with Gasteiger partial charge in [0.1, 0.15) is 5.84 Å². The summed E-state index contributed by atoms with van der Waals surface area (Å²) < 4.78 is 9.49. The van der Waals surface area contributed by atoms with E-state index in [1.54, 1.807) is 25.3 Å². The third-order valence-corrected chi connectivity index (χ3v) is 1.67. The Morgan fingerprint density at radius 2 is 2.35 bits per heavy atom. The second-order valence-corrected chi connectivity index (χ2v) is 3.14. The maximum atomic E-state index is 11.2. The van der Waals surface area contributed by atoms with Gasteiger partial charge in [0.2, 0.25) is 6.79 Å². The Hall–Kier alpha value is -2.37. The fourth-order valence-electron chi connectivity index (χ4n) is 0.905. The highest BCUT2D eigenvalue weighted by atomic mass is 16.7. The fourth-order valence-corrected chi connectivity index (χ4v) is 0.905. The van der Waals surface area contributed by atoms with E-state index in [-0.39, 0.29) is 12.6 Å². The van der Waals surface area contributed by atoms with E-state index in [9.17, 15) is 4.79 Å². The molecule has 0 aromatic carbocycles. The van der Waals surface area contributed by atoms with E-state index in [1.807, 2.05) is 0 Å². The molecule has 1 amide bonds. The summed E-state index contributed by atoms with van der Waals surface area (Å²) in [6.45, 7) is 4.88. The van der Waals surface area contributed by atoms with Crippen LogP contribution in [-0.2, 0) is 9.47 Å². The predicted octanol–water partition coefficient (Wildman–Crippen LogP) is 1.64. The minimum absolute atomic E-state index is 0.0848. The van der Waals surface area contributed by atoms with Gasteiger partial charge in [-0.25, -0.2) is 4.79 Å². The minimum atomic E-state index is -0.764. The summed E-state index contributed by atoms with van der Waals surface area (Å²) in [7, 11) is 0. The highest BCUT2D eigenvalue weighted by molar-refractivity contribution is 6.04. The number of aromatic nitrogens is 1. The first kappa shape index (κ1) is 12.7. The van der Waals surface area contributed by atoms with Crippen LogP contribution in [0.5, 0.6) is 0 Å². The van der Waals surface area contributed by atoms with Crippen molar-refractivity contribution >= 4 is 11.9 Å². The van der Waals surface area contributed by atoms with Crippen molar-refractivity contribution < 1.29 is 14.3 Å². The summed E-state index contributed by atoms with van der Waals surface area (Å²) in [6, 6.07) is 3.32. The molecule has 2 N–H and O–H groups in total. The standard InChI is InChI=1S/C11H13N3O3/c1-8(2)16-7-17-11(15)14-10(12)9-4-3-5-13-6-9/h3-6H,1,7H2,2H3,(H2,12,14,15). The van der Waals surface area contributed by atoms with Crippen LogP contribution < -0.4 is 5.32 Å². The van der Waals surface area contributed by atoms with Crippen LogP contribution in [0.15, 0.2) is 36.9 Å². The summed E-state index contributed by atoms with van der Waals surface area (Å²) >= 11 is 0. The van der Waals surface area contributed by atoms with Crippen LogP contribution >= 0.6 is 0 Å². The van der Waals surface area contributed by atoms with Crippen molar-refractivity contribution in [1.82, 2.24) is 10.3 Å². The molecule has 1 rings (SSSR count). The number of amides is 1. The smallest absolute Gasteiger partial charge is 0.415 e. The van der Waals surface area contributed by atoms with E-state index >= 15 is 0 Å². The van der Waals surface area contributed by atoms with E-state index in [4.69, 9.17) is 10.1 Å². The Bertz CT molecular complexity index is 417. The molecule has 0 atom stereocenters. The molecular weight excluding hydrogens is 222 g/mol. The van der Waals surface area contributed by atoms with E-state index in [0.717, 1.165) is 0 Å². The van der Waals surface area contributed by atoms with E-state index in [1.165, 1.54) is 6.20 Å². The number of carbonyl (C=O) groups is 1. The number of hydrogen-bond acceptors (Lipinski definition) is 5. The Labute approximate surface area is 98.8 Å². The van der Waals surface area contributed by atoms with Crippen LogP contribution in [-0.4, -0.2) is 23.7 Å². The maximum Gasteiger partial charge on any atom is 0.415 e. The molecule has 0 saturated carbocycles. The van der Waals surface area contributed by atoms with Gasteiger partial charge < -0.3 is 9.47 Å². The Morgan fingerprint density at radius 1 is 1.59 bits per heavy atom. The number of alkyl carbamates (subject to hydrolysis) is 1. The molecule has 0 aliphatic carbocycles. The molecule has 90 valence electrons. The zero-order valence-corrected chi connectivity index (χ0v) is 9.40. The molecule has 0 aliphatic rings. The van der Waals surface area contributed by atoms with Gasteiger partial charge in [-0.1, -0.05) is 6.58 Å². The number of nitrogens with one attached hydrogen (secondary N) is 2. The van der Waals surface area contributed by atoms with E-state index in [2.05, 4.69) is 21.6 Å². The zero-order chi connectivity index (χ0) is 12.7. The molecule has 1 heterocycles. The highest BCUT2D eigenvalue weighted by Gasteiger charge is 2.07. The van der Waals surface area contributed by atoms with Crippen LogP contribution in [0, 0.1) is 5.41 Å². The molecule has 0 unspecified atom stereocenters. The quantitative estimate of drug-likeness (QED) is 0.359. The lowest BCUT2D eigenvalue weighted by Crippen LogP contribution is -2.31. The first-order valence-corrected chi connectivity index (χ1v) is 4.80. The molecule has 6 nitrogen and oxygen atoms in total. The third-order valence-electron chi connectivity index (χ3n) is 1.67. The van der Waals surface area contributed by atoms with Crippen molar-refractivity contribution in [3.8, 4) is 0 Å². The summed E-state index contributed by atoms with van der Waals surface area (Å²) in [5.41, 5.74) is 0.491. The molecule has 0 spiro atoms. The number of ether oxygens (including phenoxy) is 2. The van der Waals surface area contributed by atoms with Crippen LogP contribution in [0.2, 0.25) is 0 Å². The molecule has 0 bridgehead atoms. The van der Waals surface area contributed by atoms with Gasteiger partial charge in [0.25, 0.3) is 0 Å². The van der Waals surface area contributed by atoms with Gasteiger partial charge in [-0.15, -0.1) is 0 Å². The lowest BCUT2D eigenvalue weighted by atomic mass is 10.3. The average molecular weight is 235 g/mol. The largest absolute Gasteiger partial charge is 0.463 e. The molecule has 17 heavy (non-hydrogen) atoms. The third kappa shape index (κ3) is 4.78.